The Hall–Kier alpha value is -3.48. The molecule has 194 valence electrons. The van der Waals surface area contributed by atoms with E-state index in [-0.39, 0.29) is 17.2 Å². The highest BCUT2D eigenvalue weighted by Gasteiger charge is 2.42. The van der Waals surface area contributed by atoms with Crippen LogP contribution >= 0.6 is 0 Å². The average Bonchev–Trinajstić information content (AvgIpc) is 3.50. The number of likely N-dealkylation sites (tertiary alicyclic amines) is 2. The minimum atomic E-state index is 0.110. The zero-order valence-electron chi connectivity index (χ0n) is 21.6. The molecule has 0 bridgehead atoms. The average molecular weight is 502 g/mol. The third-order valence-electron chi connectivity index (χ3n) is 8.54. The molecule has 3 aliphatic heterocycles. The molecule has 3 aromatic rings. The lowest BCUT2D eigenvalue weighted by Gasteiger charge is -2.39. The first-order valence-corrected chi connectivity index (χ1v) is 13.5. The predicted molar refractivity (Wildman–Crippen MR) is 142 cm³/mol. The van der Waals surface area contributed by atoms with E-state index in [0.717, 1.165) is 86.4 Å². The molecule has 0 radical (unpaired) electrons. The summed E-state index contributed by atoms with van der Waals surface area (Å²) < 4.78 is 13.3. The second-order valence-corrected chi connectivity index (χ2v) is 10.8. The summed E-state index contributed by atoms with van der Waals surface area (Å²) in [5.41, 5.74) is 3.16. The quantitative estimate of drug-likeness (QED) is 0.519. The summed E-state index contributed by atoms with van der Waals surface area (Å²) in [6, 6.07) is 16.2. The lowest BCUT2D eigenvalue weighted by molar-refractivity contribution is -0.130. The monoisotopic (exact) mass is 501 g/mol. The summed E-state index contributed by atoms with van der Waals surface area (Å²) in [6.07, 6.45) is 5.21. The number of benzene rings is 2. The second kappa shape index (κ2) is 9.77. The van der Waals surface area contributed by atoms with Crippen LogP contribution in [0.15, 0.2) is 48.5 Å². The summed E-state index contributed by atoms with van der Waals surface area (Å²) in [6.45, 7) is 4.35. The number of para-hydroxylation sites is 1. The van der Waals surface area contributed by atoms with Gasteiger partial charge in [-0.05, 0) is 67.3 Å². The van der Waals surface area contributed by atoms with Gasteiger partial charge in [-0.15, -0.1) is 0 Å². The first kappa shape index (κ1) is 23.9. The Balaban J connectivity index is 0.996. The number of carbonyl (C=O) groups excluding carboxylic acids is 2. The number of piperidine rings is 1. The number of carbonyl (C=O) groups is 2. The molecular formula is C30H35N3O4. The van der Waals surface area contributed by atoms with E-state index in [1.165, 1.54) is 5.56 Å². The van der Waals surface area contributed by atoms with Crippen LogP contribution in [0.2, 0.25) is 0 Å². The maximum Gasteiger partial charge on any atom is 0.270 e. The molecule has 0 atom stereocenters. The van der Waals surface area contributed by atoms with Crippen molar-refractivity contribution in [3.05, 3.63) is 59.8 Å². The van der Waals surface area contributed by atoms with Gasteiger partial charge in [-0.3, -0.25) is 9.59 Å². The first-order chi connectivity index (χ1) is 18.0. The van der Waals surface area contributed by atoms with E-state index < -0.39 is 0 Å². The van der Waals surface area contributed by atoms with Crippen molar-refractivity contribution in [2.75, 3.05) is 39.4 Å². The zero-order valence-corrected chi connectivity index (χ0v) is 21.6. The van der Waals surface area contributed by atoms with E-state index in [4.69, 9.17) is 9.47 Å². The van der Waals surface area contributed by atoms with Gasteiger partial charge in [0.2, 0.25) is 5.91 Å². The molecule has 2 aromatic carbocycles. The van der Waals surface area contributed by atoms with Crippen LogP contribution in [0, 0.1) is 5.41 Å². The van der Waals surface area contributed by atoms with Crippen molar-refractivity contribution < 1.29 is 19.1 Å². The van der Waals surface area contributed by atoms with Crippen LogP contribution in [0.5, 0.6) is 11.5 Å². The number of aromatic nitrogens is 1. The van der Waals surface area contributed by atoms with E-state index in [9.17, 15) is 9.59 Å². The number of hydrogen-bond acceptors (Lipinski definition) is 4. The van der Waals surface area contributed by atoms with Crippen LogP contribution in [0.1, 0.15) is 48.2 Å². The van der Waals surface area contributed by atoms with Gasteiger partial charge >= 0.3 is 0 Å². The Morgan fingerprint density at radius 3 is 2.41 bits per heavy atom. The van der Waals surface area contributed by atoms with Crippen molar-refractivity contribution >= 4 is 22.7 Å². The third-order valence-corrected chi connectivity index (χ3v) is 8.54. The van der Waals surface area contributed by atoms with Crippen LogP contribution in [0.3, 0.4) is 0 Å². The van der Waals surface area contributed by atoms with Crippen LogP contribution < -0.4 is 9.47 Å². The second-order valence-electron chi connectivity index (χ2n) is 10.8. The van der Waals surface area contributed by atoms with Crippen molar-refractivity contribution in [2.24, 2.45) is 12.5 Å². The van der Waals surface area contributed by atoms with Crippen LogP contribution in [-0.2, 0) is 18.3 Å². The Morgan fingerprint density at radius 2 is 1.62 bits per heavy atom. The molecule has 4 heterocycles. The molecule has 3 aliphatic rings. The van der Waals surface area contributed by atoms with Gasteiger partial charge in [0.05, 0.1) is 0 Å². The van der Waals surface area contributed by atoms with Gasteiger partial charge in [0.25, 0.3) is 5.91 Å². The van der Waals surface area contributed by atoms with Gasteiger partial charge in [0.15, 0.2) is 11.5 Å². The lowest BCUT2D eigenvalue weighted by atomic mass is 9.77. The number of hydrogen-bond donors (Lipinski definition) is 0. The van der Waals surface area contributed by atoms with Crippen molar-refractivity contribution in [3.8, 4) is 11.5 Å². The van der Waals surface area contributed by atoms with Gasteiger partial charge in [-0.1, -0.05) is 24.3 Å². The highest BCUT2D eigenvalue weighted by molar-refractivity contribution is 5.98. The van der Waals surface area contributed by atoms with E-state index in [1.54, 1.807) is 0 Å². The summed E-state index contributed by atoms with van der Waals surface area (Å²) >= 11 is 0. The Labute approximate surface area is 217 Å². The highest BCUT2D eigenvalue weighted by atomic mass is 16.6. The summed E-state index contributed by atoms with van der Waals surface area (Å²) in [5, 5.41) is 1.10. The minimum Gasteiger partial charge on any atom is -0.486 e. The molecule has 1 aromatic heterocycles. The van der Waals surface area contributed by atoms with Crippen molar-refractivity contribution in [2.45, 2.75) is 38.5 Å². The Morgan fingerprint density at radius 1 is 0.892 bits per heavy atom. The van der Waals surface area contributed by atoms with E-state index in [2.05, 4.69) is 23.1 Å². The molecule has 0 N–H and O–H groups in total. The summed E-state index contributed by atoms with van der Waals surface area (Å²) in [5.74, 6) is 1.97. The fourth-order valence-corrected chi connectivity index (χ4v) is 6.24. The van der Waals surface area contributed by atoms with Gasteiger partial charge in [0.1, 0.15) is 18.9 Å². The summed E-state index contributed by atoms with van der Waals surface area (Å²) in [4.78, 5) is 30.4. The topological polar surface area (TPSA) is 64.0 Å². The van der Waals surface area contributed by atoms with E-state index in [1.807, 2.05) is 46.8 Å². The van der Waals surface area contributed by atoms with Gasteiger partial charge in [-0.2, -0.15) is 0 Å². The van der Waals surface area contributed by atoms with Gasteiger partial charge in [-0.25, -0.2) is 0 Å². The summed E-state index contributed by atoms with van der Waals surface area (Å²) in [7, 11) is 1.97. The molecule has 0 saturated carbocycles. The largest absolute Gasteiger partial charge is 0.486 e. The smallest absolute Gasteiger partial charge is 0.270 e. The van der Waals surface area contributed by atoms with Crippen molar-refractivity contribution in [1.29, 1.82) is 0 Å². The molecule has 0 aliphatic carbocycles. The molecule has 7 heteroatoms. The van der Waals surface area contributed by atoms with E-state index in [0.29, 0.717) is 19.6 Å². The van der Waals surface area contributed by atoms with Gasteiger partial charge in [0, 0.05) is 50.6 Å². The predicted octanol–water partition coefficient (Wildman–Crippen LogP) is 4.43. The fraction of sp³-hybridized carbons (Fsp3) is 0.467. The maximum atomic E-state index is 13.3. The molecule has 2 saturated heterocycles. The molecule has 0 unspecified atom stereocenters. The standard InChI is InChI=1S/C30H35N3O4/c1-31-24-7-3-2-6-23(24)20-25(31)29(35)32-14-11-30(12-15-32)13-16-33(21-30)28(34)8-4-5-22-9-10-26-27(19-22)37-18-17-36-26/h2-3,6-7,9-10,19-20H,4-5,8,11-18,21H2,1H3. The SMILES string of the molecule is Cn1c(C(=O)N2CCC3(CCN(C(=O)CCCc4ccc5c(c4)OCCO5)C3)CC2)cc2ccccc21. The highest BCUT2D eigenvalue weighted by Crippen LogP contribution is 2.41. The van der Waals surface area contributed by atoms with Crippen LogP contribution in [0.4, 0.5) is 0 Å². The van der Waals surface area contributed by atoms with Crippen LogP contribution in [0.25, 0.3) is 10.9 Å². The number of fused-ring (bicyclic) bond motifs is 2. The molecule has 1 spiro atoms. The minimum absolute atomic E-state index is 0.110. The number of rotatable bonds is 5. The maximum absolute atomic E-state index is 13.3. The molecule has 7 nitrogen and oxygen atoms in total. The van der Waals surface area contributed by atoms with Gasteiger partial charge < -0.3 is 23.8 Å². The van der Waals surface area contributed by atoms with E-state index >= 15 is 0 Å². The Bertz CT molecular complexity index is 1320. The zero-order chi connectivity index (χ0) is 25.4. The van der Waals surface area contributed by atoms with Crippen molar-refractivity contribution in [3.63, 3.8) is 0 Å². The third kappa shape index (κ3) is 4.67. The molecule has 2 amide bonds. The molecular weight excluding hydrogens is 466 g/mol. The number of nitrogens with zero attached hydrogens (tertiary/aromatic N) is 3. The first-order valence-electron chi connectivity index (χ1n) is 13.5. The van der Waals surface area contributed by atoms with Crippen LogP contribution in [-0.4, -0.2) is 65.6 Å². The lowest BCUT2D eigenvalue weighted by Crippen LogP contribution is -2.45. The fourth-order valence-electron chi connectivity index (χ4n) is 6.24. The molecule has 6 rings (SSSR count). The Kier molecular flexibility index (Phi) is 6.31. The number of ether oxygens (including phenoxy) is 2. The normalized spacial score (nSPS) is 18.5. The van der Waals surface area contributed by atoms with Crippen molar-refractivity contribution in [1.82, 2.24) is 14.4 Å². The number of amides is 2. The molecule has 37 heavy (non-hydrogen) atoms. The molecule has 2 fully saturated rings. The number of aryl methyl sites for hydroxylation is 2.